The molecular formula is C17H20N6OS. The number of thiophene rings is 1. The van der Waals surface area contributed by atoms with Crippen molar-refractivity contribution in [1.29, 1.82) is 5.26 Å². The number of hydrogen-bond acceptors (Lipinski definition) is 8. The molecule has 2 aromatic rings. The van der Waals surface area contributed by atoms with Gasteiger partial charge in [0.15, 0.2) is 0 Å². The van der Waals surface area contributed by atoms with Crippen molar-refractivity contribution in [2.45, 2.75) is 31.8 Å². The number of aliphatic hydroxyl groups is 1. The number of aliphatic hydroxyl groups excluding tert-OH is 1. The van der Waals surface area contributed by atoms with E-state index in [4.69, 9.17) is 5.73 Å². The highest BCUT2D eigenvalue weighted by molar-refractivity contribution is 7.16. The Labute approximate surface area is 150 Å². The van der Waals surface area contributed by atoms with Crippen LogP contribution in [0.4, 0.5) is 16.6 Å². The number of aromatic nitrogens is 2. The van der Waals surface area contributed by atoms with Gasteiger partial charge in [-0.05, 0) is 24.8 Å². The van der Waals surface area contributed by atoms with Gasteiger partial charge in [-0.2, -0.15) is 5.26 Å². The van der Waals surface area contributed by atoms with Gasteiger partial charge in [-0.15, -0.1) is 11.3 Å². The van der Waals surface area contributed by atoms with E-state index < -0.39 is 0 Å². The Morgan fingerprint density at radius 2 is 2.20 bits per heavy atom. The Kier molecular flexibility index (Phi) is 4.19. The first-order valence-corrected chi connectivity index (χ1v) is 9.27. The maximum atomic E-state index is 9.54. The van der Waals surface area contributed by atoms with E-state index in [0.29, 0.717) is 17.1 Å². The summed E-state index contributed by atoms with van der Waals surface area (Å²) < 4.78 is 0. The van der Waals surface area contributed by atoms with Gasteiger partial charge in [0.2, 0.25) is 0 Å². The van der Waals surface area contributed by atoms with Crippen LogP contribution in [0.5, 0.6) is 0 Å². The summed E-state index contributed by atoms with van der Waals surface area (Å²) in [6, 6.07) is 4.37. The summed E-state index contributed by atoms with van der Waals surface area (Å²) in [5.41, 5.74) is 7.71. The van der Waals surface area contributed by atoms with Crippen molar-refractivity contribution in [3.05, 3.63) is 28.4 Å². The third-order valence-corrected chi connectivity index (χ3v) is 6.09. The van der Waals surface area contributed by atoms with E-state index in [0.717, 1.165) is 54.4 Å². The molecule has 0 radical (unpaired) electrons. The molecule has 2 aliphatic rings. The lowest BCUT2D eigenvalue weighted by molar-refractivity contribution is 0.266. The van der Waals surface area contributed by atoms with E-state index in [2.05, 4.69) is 25.8 Å². The molecule has 0 saturated carbocycles. The number of hydrogen-bond donors (Lipinski definition) is 2. The van der Waals surface area contributed by atoms with Crippen LogP contribution in [-0.2, 0) is 13.0 Å². The van der Waals surface area contributed by atoms with Crippen molar-refractivity contribution >= 4 is 28.0 Å². The minimum Gasteiger partial charge on any atom is -0.394 e. The van der Waals surface area contributed by atoms with Crippen LogP contribution in [0.3, 0.4) is 0 Å². The van der Waals surface area contributed by atoms with Crippen LogP contribution in [0.2, 0.25) is 0 Å². The number of rotatable bonds is 3. The highest BCUT2D eigenvalue weighted by Crippen LogP contribution is 2.36. The molecule has 130 valence electrons. The van der Waals surface area contributed by atoms with E-state index in [9.17, 15) is 10.4 Å². The Morgan fingerprint density at radius 3 is 3.00 bits per heavy atom. The van der Waals surface area contributed by atoms with Crippen LogP contribution < -0.4 is 15.5 Å². The molecule has 1 atom stereocenters. The molecule has 2 aliphatic heterocycles. The van der Waals surface area contributed by atoms with Crippen molar-refractivity contribution < 1.29 is 5.11 Å². The lowest BCUT2D eigenvalue weighted by atomic mass is 10.0. The average Bonchev–Trinajstić information content (AvgIpc) is 3.24. The zero-order chi connectivity index (χ0) is 17.4. The Bertz CT molecular complexity index is 829. The first-order valence-electron chi connectivity index (χ1n) is 8.46. The topological polar surface area (TPSA) is 102 Å². The van der Waals surface area contributed by atoms with E-state index in [1.807, 2.05) is 6.07 Å². The molecule has 0 aromatic carbocycles. The summed E-state index contributed by atoms with van der Waals surface area (Å²) in [5, 5.41) is 19.4. The van der Waals surface area contributed by atoms with Crippen LogP contribution in [-0.4, -0.2) is 40.8 Å². The molecule has 1 saturated heterocycles. The van der Waals surface area contributed by atoms with E-state index >= 15 is 0 Å². The van der Waals surface area contributed by atoms with Crippen LogP contribution >= 0.6 is 11.3 Å². The number of fused-ring (bicyclic) bond motifs is 1. The largest absolute Gasteiger partial charge is 0.394 e. The lowest BCUT2D eigenvalue weighted by Crippen LogP contribution is -2.34. The Morgan fingerprint density at radius 1 is 1.36 bits per heavy atom. The molecule has 1 fully saturated rings. The molecule has 3 N–H and O–H groups in total. The first-order chi connectivity index (χ1) is 12.2. The highest BCUT2D eigenvalue weighted by Gasteiger charge is 2.27. The Hall–Kier alpha value is -2.37. The van der Waals surface area contributed by atoms with E-state index in [1.54, 1.807) is 6.33 Å². The van der Waals surface area contributed by atoms with Gasteiger partial charge in [-0.3, -0.25) is 0 Å². The van der Waals surface area contributed by atoms with E-state index in [1.165, 1.54) is 11.3 Å². The number of nitriles is 1. The summed E-state index contributed by atoms with van der Waals surface area (Å²) in [6.07, 6.45) is 4.46. The van der Waals surface area contributed by atoms with Gasteiger partial charge in [0.05, 0.1) is 24.8 Å². The molecule has 7 nitrogen and oxygen atoms in total. The molecule has 4 rings (SSSR count). The van der Waals surface area contributed by atoms with Crippen molar-refractivity contribution in [2.24, 2.45) is 0 Å². The molecule has 1 unspecified atom stereocenters. The molecule has 0 aliphatic carbocycles. The number of nitrogens with zero attached hydrogens (tertiary/aromatic N) is 5. The molecular weight excluding hydrogens is 336 g/mol. The third kappa shape index (κ3) is 2.79. The quantitative estimate of drug-likeness (QED) is 0.859. The van der Waals surface area contributed by atoms with Crippen LogP contribution in [0.25, 0.3) is 0 Å². The summed E-state index contributed by atoms with van der Waals surface area (Å²) in [7, 11) is 0. The SMILES string of the molecule is N#Cc1c(N)sc2c1CCN(c1cc(N3CCCC3CO)ncn1)C2. The highest BCUT2D eigenvalue weighted by atomic mass is 32.1. The number of nitrogens with two attached hydrogens (primary N) is 1. The third-order valence-electron chi connectivity index (χ3n) is 5.04. The maximum absolute atomic E-state index is 9.54. The smallest absolute Gasteiger partial charge is 0.134 e. The molecule has 0 bridgehead atoms. The minimum absolute atomic E-state index is 0.144. The second kappa shape index (κ2) is 6.50. The minimum atomic E-state index is 0.144. The second-order valence-corrected chi connectivity index (χ2v) is 7.57. The van der Waals surface area contributed by atoms with Crippen molar-refractivity contribution in [1.82, 2.24) is 9.97 Å². The molecule has 0 spiro atoms. The normalized spacial score (nSPS) is 19.8. The monoisotopic (exact) mass is 356 g/mol. The number of nitrogen functional groups attached to an aromatic ring is 1. The standard InChI is InChI=1S/C17H20N6OS/c18-7-13-12-3-5-22(8-14(12)25-17(13)19)15-6-16(21-10-20-15)23-4-1-2-11(23)9-24/h6,10-11,24H,1-5,8-9,19H2. The van der Waals surface area contributed by atoms with Crippen molar-refractivity contribution in [3.8, 4) is 6.07 Å². The summed E-state index contributed by atoms with van der Waals surface area (Å²) >= 11 is 1.50. The fraction of sp³-hybridized carbons (Fsp3) is 0.471. The molecule has 2 aromatic heterocycles. The van der Waals surface area contributed by atoms with Gasteiger partial charge in [0, 0.05) is 24.0 Å². The van der Waals surface area contributed by atoms with Gasteiger partial charge in [0.1, 0.15) is 29.0 Å². The van der Waals surface area contributed by atoms with Crippen LogP contribution in [0.1, 0.15) is 28.8 Å². The Balaban J connectivity index is 1.59. The maximum Gasteiger partial charge on any atom is 0.134 e. The van der Waals surface area contributed by atoms with Gasteiger partial charge >= 0.3 is 0 Å². The fourth-order valence-electron chi connectivity index (χ4n) is 3.74. The van der Waals surface area contributed by atoms with Crippen molar-refractivity contribution in [2.75, 3.05) is 35.2 Å². The zero-order valence-corrected chi connectivity index (χ0v) is 14.7. The van der Waals surface area contributed by atoms with Gasteiger partial charge in [0.25, 0.3) is 0 Å². The summed E-state index contributed by atoms with van der Waals surface area (Å²) in [6.45, 7) is 2.58. The molecule has 8 heteroatoms. The summed E-state index contributed by atoms with van der Waals surface area (Å²) in [4.78, 5) is 14.4. The zero-order valence-electron chi connectivity index (χ0n) is 13.9. The molecule has 4 heterocycles. The van der Waals surface area contributed by atoms with Gasteiger partial charge in [-0.25, -0.2) is 9.97 Å². The average molecular weight is 356 g/mol. The first kappa shape index (κ1) is 16.1. The lowest BCUT2D eigenvalue weighted by Gasteiger charge is -2.29. The molecule has 25 heavy (non-hydrogen) atoms. The predicted octanol–water partition coefficient (Wildman–Crippen LogP) is 1.52. The number of anilines is 3. The van der Waals surface area contributed by atoms with Crippen LogP contribution in [0, 0.1) is 11.3 Å². The molecule has 0 amide bonds. The fourth-order valence-corrected chi connectivity index (χ4v) is 4.82. The van der Waals surface area contributed by atoms with Gasteiger partial charge < -0.3 is 20.6 Å². The summed E-state index contributed by atoms with van der Waals surface area (Å²) in [5.74, 6) is 1.75. The second-order valence-electron chi connectivity index (χ2n) is 6.43. The van der Waals surface area contributed by atoms with Crippen LogP contribution in [0.15, 0.2) is 12.4 Å². The van der Waals surface area contributed by atoms with Gasteiger partial charge in [-0.1, -0.05) is 0 Å². The van der Waals surface area contributed by atoms with E-state index in [-0.39, 0.29) is 12.6 Å². The van der Waals surface area contributed by atoms with Crippen molar-refractivity contribution in [3.63, 3.8) is 0 Å². The predicted molar refractivity (Wildman–Crippen MR) is 97.7 cm³/mol.